The summed E-state index contributed by atoms with van der Waals surface area (Å²) in [7, 11) is 4.23. The Labute approximate surface area is 99.7 Å². The first kappa shape index (κ1) is 13.2. The number of aryl methyl sites for hydroxylation is 1. The molecule has 1 aromatic rings. The van der Waals surface area contributed by atoms with E-state index in [1.165, 1.54) is 17.5 Å². The van der Waals surface area contributed by atoms with Gasteiger partial charge in [-0.05, 0) is 53.0 Å². The first-order valence-electron chi connectivity index (χ1n) is 6.04. The van der Waals surface area contributed by atoms with Gasteiger partial charge in [-0.25, -0.2) is 0 Å². The van der Waals surface area contributed by atoms with Crippen LogP contribution in [0.1, 0.15) is 30.5 Å². The first-order valence-corrected chi connectivity index (χ1v) is 6.04. The number of hydrogen-bond donors (Lipinski definition) is 1. The van der Waals surface area contributed by atoms with Crippen molar-refractivity contribution in [3.63, 3.8) is 0 Å². The summed E-state index contributed by atoms with van der Waals surface area (Å²) in [6.07, 6.45) is 1.20. The van der Waals surface area contributed by atoms with Gasteiger partial charge in [-0.2, -0.15) is 0 Å². The van der Waals surface area contributed by atoms with Gasteiger partial charge in [-0.15, -0.1) is 0 Å². The molecular formula is C14H24N2. The molecule has 0 amide bonds. The van der Waals surface area contributed by atoms with Crippen LogP contribution in [0.25, 0.3) is 0 Å². The van der Waals surface area contributed by atoms with Gasteiger partial charge >= 0.3 is 0 Å². The van der Waals surface area contributed by atoms with Crippen LogP contribution in [0, 0.1) is 6.92 Å². The quantitative estimate of drug-likeness (QED) is 0.741. The molecule has 0 heterocycles. The SMILES string of the molecule is Cc1ccc(C(C)NCCCN(C)C)cc1. The second-order valence-electron chi connectivity index (χ2n) is 4.74. The van der Waals surface area contributed by atoms with E-state index in [9.17, 15) is 0 Å². The molecule has 2 nitrogen and oxygen atoms in total. The van der Waals surface area contributed by atoms with Crippen LogP contribution in [0.4, 0.5) is 0 Å². The van der Waals surface area contributed by atoms with Gasteiger partial charge in [0.05, 0.1) is 0 Å². The molecular weight excluding hydrogens is 196 g/mol. The van der Waals surface area contributed by atoms with Gasteiger partial charge in [0.1, 0.15) is 0 Å². The van der Waals surface area contributed by atoms with Crippen LogP contribution in [-0.4, -0.2) is 32.1 Å². The van der Waals surface area contributed by atoms with Crippen LogP contribution < -0.4 is 5.32 Å². The highest BCUT2D eigenvalue weighted by Crippen LogP contribution is 2.12. The van der Waals surface area contributed by atoms with E-state index in [2.05, 4.69) is 62.4 Å². The zero-order chi connectivity index (χ0) is 12.0. The Hall–Kier alpha value is -0.860. The highest BCUT2D eigenvalue weighted by molar-refractivity contribution is 5.23. The molecule has 2 heteroatoms. The largest absolute Gasteiger partial charge is 0.310 e. The predicted octanol–water partition coefficient (Wildman–Crippen LogP) is 2.60. The fourth-order valence-electron chi connectivity index (χ4n) is 1.69. The molecule has 0 aliphatic carbocycles. The van der Waals surface area contributed by atoms with Crippen LogP contribution in [0.3, 0.4) is 0 Å². The lowest BCUT2D eigenvalue weighted by atomic mass is 10.1. The normalized spacial score (nSPS) is 13.1. The minimum Gasteiger partial charge on any atom is -0.310 e. The van der Waals surface area contributed by atoms with Crippen molar-refractivity contribution in [1.82, 2.24) is 10.2 Å². The van der Waals surface area contributed by atoms with Crippen LogP contribution in [0.15, 0.2) is 24.3 Å². The zero-order valence-electron chi connectivity index (χ0n) is 11.0. The molecule has 0 aliphatic rings. The third-order valence-electron chi connectivity index (χ3n) is 2.81. The van der Waals surface area contributed by atoms with E-state index < -0.39 is 0 Å². The number of rotatable bonds is 6. The molecule has 0 radical (unpaired) electrons. The molecule has 0 saturated carbocycles. The molecule has 0 spiro atoms. The van der Waals surface area contributed by atoms with Gasteiger partial charge in [0.15, 0.2) is 0 Å². The second-order valence-corrected chi connectivity index (χ2v) is 4.74. The average molecular weight is 220 g/mol. The highest BCUT2D eigenvalue weighted by Gasteiger charge is 2.03. The summed E-state index contributed by atoms with van der Waals surface area (Å²) in [5.74, 6) is 0. The van der Waals surface area contributed by atoms with Gasteiger partial charge in [0.25, 0.3) is 0 Å². The van der Waals surface area contributed by atoms with E-state index in [0.717, 1.165) is 13.1 Å². The third-order valence-corrected chi connectivity index (χ3v) is 2.81. The second kappa shape index (κ2) is 6.66. The van der Waals surface area contributed by atoms with Crippen LogP contribution in [-0.2, 0) is 0 Å². The number of hydrogen-bond acceptors (Lipinski definition) is 2. The number of nitrogens with one attached hydrogen (secondary N) is 1. The summed E-state index contributed by atoms with van der Waals surface area (Å²) >= 11 is 0. The van der Waals surface area contributed by atoms with Gasteiger partial charge < -0.3 is 10.2 Å². The summed E-state index contributed by atoms with van der Waals surface area (Å²) in [6.45, 7) is 6.57. The van der Waals surface area contributed by atoms with E-state index in [-0.39, 0.29) is 0 Å². The topological polar surface area (TPSA) is 15.3 Å². The Morgan fingerprint density at radius 2 is 1.81 bits per heavy atom. The Balaban J connectivity index is 2.29. The average Bonchev–Trinajstić information content (AvgIpc) is 2.25. The number of benzene rings is 1. The molecule has 0 aromatic heterocycles. The maximum atomic E-state index is 3.55. The maximum Gasteiger partial charge on any atom is 0.0291 e. The van der Waals surface area contributed by atoms with Crippen molar-refractivity contribution < 1.29 is 0 Å². The van der Waals surface area contributed by atoms with Gasteiger partial charge in [0.2, 0.25) is 0 Å². The van der Waals surface area contributed by atoms with Crippen molar-refractivity contribution in [2.24, 2.45) is 0 Å². The number of nitrogens with zero attached hydrogens (tertiary/aromatic N) is 1. The minimum atomic E-state index is 0.447. The van der Waals surface area contributed by atoms with Gasteiger partial charge in [-0.3, -0.25) is 0 Å². The van der Waals surface area contributed by atoms with E-state index in [1.54, 1.807) is 0 Å². The molecule has 0 saturated heterocycles. The van der Waals surface area contributed by atoms with E-state index in [4.69, 9.17) is 0 Å². The third kappa shape index (κ3) is 4.77. The summed E-state index contributed by atoms with van der Waals surface area (Å²) in [4.78, 5) is 2.22. The fourth-order valence-corrected chi connectivity index (χ4v) is 1.69. The maximum absolute atomic E-state index is 3.55. The predicted molar refractivity (Wildman–Crippen MR) is 70.8 cm³/mol. The molecule has 0 aliphatic heterocycles. The first-order chi connectivity index (χ1) is 7.59. The van der Waals surface area contributed by atoms with Crippen molar-refractivity contribution in [2.45, 2.75) is 26.3 Å². The minimum absolute atomic E-state index is 0.447. The molecule has 16 heavy (non-hydrogen) atoms. The molecule has 1 aromatic carbocycles. The molecule has 1 N–H and O–H groups in total. The van der Waals surface area contributed by atoms with Crippen LogP contribution in [0.5, 0.6) is 0 Å². The summed E-state index contributed by atoms with van der Waals surface area (Å²) in [5.41, 5.74) is 2.69. The molecule has 1 unspecified atom stereocenters. The Morgan fingerprint density at radius 3 is 2.38 bits per heavy atom. The lowest BCUT2D eigenvalue weighted by Crippen LogP contribution is -2.23. The highest BCUT2D eigenvalue weighted by atomic mass is 15.1. The van der Waals surface area contributed by atoms with Crippen molar-refractivity contribution in [1.29, 1.82) is 0 Å². The summed E-state index contributed by atoms with van der Waals surface area (Å²) in [6, 6.07) is 9.21. The van der Waals surface area contributed by atoms with Crippen molar-refractivity contribution in [3.8, 4) is 0 Å². The summed E-state index contributed by atoms with van der Waals surface area (Å²) < 4.78 is 0. The van der Waals surface area contributed by atoms with Crippen molar-refractivity contribution >= 4 is 0 Å². The smallest absolute Gasteiger partial charge is 0.0291 e. The Bertz CT molecular complexity index is 290. The standard InChI is InChI=1S/C14H24N2/c1-12-6-8-14(9-7-12)13(2)15-10-5-11-16(3)4/h6-9,13,15H,5,10-11H2,1-4H3. The lowest BCUT2D eigenvalue weighted by Gasteiger charge is -2.15. The van der Waals surface area contributed by atoms with Crippen LogP contribution in [0.2, 0.25) is 0 Å². The van der Waals surface area contributed by atoms with E-state index in [0.29, 0.717) is 6.04 Å². The lowest BCUT2D eigenvalue weighted by molar-refractivity contribution is 0.389. The van der Waals surface area contributed by atoms with E-state index >= 15 is 0 Å². The van der Waals surface area contributed by atoms with E-state index in [1.807, 2.05) is 0 Å². The van der Waals surface area contributed by atoms with Crippen LogP contribution >= 0.6 is 0 Å². The van der Waals surface area contributed by atoms with Crippen molar-refractivity contribution in [3.05, 3.63) is 35.4 Å². The molecule has 1 atom stereocenters. The molecule has 0 fully saturated rings. The monoisotopic (exact) mass is 220 g/mol. The van der Waals surface area contributed by atoms with Crippen molar-refractivity contribution in [2.75, 3.05) is 27.2 Å². The zero-order valence-corrected chi connectivity index (χ0v) is 11.0. The Kier molecular flexibility index (Phi) is 5.50. The van der Waals surface area contributed by atoms with Gasteiger partial charge in [0, 0.05) is 6.04 Å². The summed E-state index contributed by atoms with van der Waals surface area (Å²) in [5, 5.41) is 3.55. The Morgan fingerprint density at radius 1 is 1.19 bits per heavy atom. The fraction of sp³-hybridized carbons (Fsp3) is 0.571. The molecule has 0 bridgehead atoms. The molecule has 1 rings (SSSR count). The molecule has 90 valence electrons. The van der Waals surface area contributed by atoms with Gasteiger partial charge in [-0.1, -0.05) is 29.8 Å².